The van der Waals surface area contributed by atoms with Crippen molar-refractivity contribution in [3.63, 3.8) is 0 Å². The predicted molar refractivity (Wildman–Crippen MR) is 87.4 cm³/mol. The Morgan fingerprint density at radius 3 is 2.62 bits per heavy atom. The zero-order chi connectivity index (χ0) is 17.1. The number of benzene rings is 1. The molecule has 1 aliphatic rings. The van der Waals surface area contributed by atoms with Crippen LogP contribution in [0.15, 0.2) is 28.9 Å². The Bertz CT molecular complexity index is 772. The maximum Gasteiger partial charge on any atom is 0.286 e. The van der Waals surface area contributed by atoms with E-state index in [0.29, 0.717) is 36.2 Å². The van der Waals surface area contributed by atoms with Crippen molar-refractivity contribution in [3.8, 4) is 17.2 Å². The van der Waals surface area contributed by atoms with Gasteiger partial charge in [-0.3, -0.25) is 20.4 Å². The van der Waals surface area contributed by atoms with E-state index < -0.39 is 11.8 Å². The summed E-state index contributed by atoms with van der Waals surface area (Å²) in [6.45, 7) is 0.802. The highest BCUT2D eigenvalue weighted by molar-refractivity contribution is 9.10. The van der Waals surface area contributed by atoms with E-state index in [1.54, 1.807) is 12.3 Å². The van der Waals surface area contributed by atoms with E-state index in [9.17, 15) is 9.59 Å². The average Bonchev–Trinajstić information content (AvgIpc) is 3.04. The Morgan fingerprint density at radius 2 is 1.92 bits per heavy atom. The fourth-order valence-electron chi connectivity index (χ4n) is 2.16. The molecule has 8 nitrogen and oxygen atoms in total. The second-order valence-electron chi connectivity index (χ2n) is 4.84. The Labute approximate surface area is 145 Å². The Morgan fingerprint density at radius 1 is 1.17 bits per heavy atom. The van der Waals surface area contributed by atoms with Crippen molar-refractivity contribution in [1.29, 1.82) is 0 Å². The highest BCUT2D eigenvalue weighted by Gasteiger charge is 2.21. The van der Waals surface area contributed by atoms with E-state index in [4.69, 9.17) is 14.2 Å². The second-order valence-corrected chi connectivity index (χ2v) is 5.76. The molecule has 126 valence electrons. The van der Waals surface area contributed by atoms with E-state index in [1.807, 2.05) is 0 Å². The molecule has 0 bridgehead atoms. The number of hydrogen-bond donors (Lipinski definition) is 3. The van der Waals surface area contributed by atoms with Crippen LogP contribution in [0.3, 0.4) is 0 Å². The standard InChI is InChI=1S/C15H14BrN3O5/c1-22-11-4-8(5-12-13(11)24-3-2-23-12)14(20)18-19-15(21)10-6-9(16)7-17-10/h4-7,17H,2-3H2,1H3,(H,18,20)(H,19,21). The number of aromatic nitrogens is 1. The van der Waals surface area contributed by atoms with Crippen LogP contribution >= 0.6 is 15.9 Å². The first-order valence-electron chi connectivity index (χ1n) is 7.00. The van der Waals surface area contributed by atoms with Gasteiger partial charge in [0.2, 0.25) is 5.75 Å². The van der Waals surface area contributed by atoms with Crippen LogP contribution in [-0.4, -0.2) is 37.1 Å². The summed E-state index contributed by atoms with van der Waals surface area (Å²) >= 11 is 3.23. The number of rotatable bonds is 3. The van der Waals surface area contributed by atoms with Gasteiger partial charge in [0.1, 0.15) is 18.9 Å². The van der Waals surface area contributed by atoms with Gasteiger partial charge in [-0.15, -0.1) is 0 Å². The summed E-state index contributed by atoms with van der Waals surface area (Å²) in [5, 5.41) is 0. The number of amides is 2. The summed E-state index contributed by atoms with van der Waals surface area (Å²) < 4.78 is 16.9. The van der Waals surface area contributed by atoms with E-state index in [0.717, 1.165) is 4.47 Å². The molecule has 2 heterocycles. The maximum atomic E-state index is 12.2. The normalized spacial score (nSPS) is 12.4. The molecule has 0 atom stereocenters. The van der Waals surface area contributed by atoms with Crippen molar-refractivity contribution in [3.05, 3.63) is 40.1 Å². The lowest BCUT2D eigenvalue weighted by molar-refractivity contribution is 0.0843. The van der Waals surface area contributed by atoms with Crippen LogP contribution in [0.4, 0.5) is 0 Å². The summed E-state index contributed by atoms with van der Waals surface area (Å²) in [6, 6.07) is 4.64. The van der Waals surface area contributed by atoms with Gasteiger partial charge in [0.25, 0.3) is 11.8 Å². The topological polar surface area (TPSA) is 102 Å². The lowest BCUT2D eigenvalue weighted by Crippen LogP contribution is -2.41. The number of nitrogens with one attached hydrogen (secondary N) is 3. The fraction of sp³-hybridized carbons (Fsp3) is 0.200. The van der Waals surface area contributed by atoms with Gasteiger partial charge in [-0.1, -0.05) is 0 Å². The molecular weight excluding hydrogens is 382 g/mol. The number of halogens is 1. The van der Waals surface area contributed by atoms with Crippen molar-refractivity contribution in [2.24, 2.45) is 0 Å². The molecule has 0 saturated carbocycles. The first-order valence-corrected chi connectivity index (χ1v) is 7.80. The number of hydrogen-bond acceptors (Lipinski definition) is 5. The number of carbonyl (C=O) groups is 2. The van der Waals surface area contributed by atoms with Gasteiger partial charge in [0, 0.05) is 16.2 Å². The summed E-state index contributed by atoms with van der Waals surface area (Å²) in [7, 11) is 1.47. The van der Waals surface area contributed by atoms with Crippen LogP contribution in [0.1, 0.15) is 20.8 Å². The molecule has 24 heavy (non-hydrogen) atoms. The predicted octanol–water partition coefficient (Wildman–Crippen LogP) is 1.63. The van der Waals surface area contributed by atoms with Crippen LogP contribution < -0.4 is 25.1 Å². The van der Waals surface area contributed by atoms with Gasteiger partial charge in [-0.05, 0) is 34.1 Å². The Balaban J connectivity index is 1.72. The van der Waals surface area contributed by atoms with Crippen molar-refractivity contribution in [2.75, 3.05) is 20.3 Å². The SMILES string of the molecule is COc1cc(C(=O)NNC(=O)c2cc(Br)c[nH]2)cc2c1OCCO2. The van der Waals surface area contributed by atoms with E-state index in [-0.39, 0.29) is 5.56 Å². The van der Waals surface area contributed by atoms with Gasteiger partial charge in [0.15, 0.2) is 11.5 Å². The van der Waals surface area contributed by atoms with E-state index in [1.165, 1.54) is 19.2 Å². The first-order chi connectivity index (χ1) is 11.6. The Hall–Kier alpha value is -2.68. The van der Waals surface area contributed by atoms with Crippen LogP contribution in [0.5, 0.6) is 17.2 Å². The number of H-pyrrole nitrogens is 1. The van der Waals surface area contributed by atoms with E-state index >= 15 is 0 Å². The third-order valence-corrected chi connectivity index (χ3v) is 3.73. The van der Waals surface area contributed by atoms with Gasteiger partial charge >= 0.3 is 0 Å². The molecule has 1 aliphatic heterocycles. The smallest absolute Gasteiger partial charge is 0.286 e. The summed E-state index contributed by atoms with van der Waals surface area (Å²) in [5.74, 6) is 0.283. The summed E-state index contributed by atoms with van der Waals surface area (Å²) in [6.07, 6.45) is 1.61. The lowest BCUT2D eigenvalue weighted by atomic mass is 10.1. The molecular formula is C15H14BrN3O5. The first kappa shape index (κ1) is 16.2. The zero-order valence-corrected chi connectivity index (χ0v) is 14.2. The van der Waals surface area contributed by atoms with Crippen LogP contribution in [0.25, 0.3) is 0 Å². The van der Waals surface area contributed by atoms with Gasteiger partial charge in [-0.2, -0.15) is 0 Å². The van der Waals surface area contributed by atoms with Crippen LogP contribution in [0, 0.1) is 0 Å². The van der Waals surface area contributed by atoms with Crippen molar-refractivity contribution in [1.82, 2.24) is 15.8 Å². The lowest BCUT2D eigenvalue weighted by Gasteiger charge is -2.21. The quantitative estimate of drug-likeness (QED) is 0.685. The maximum absolute atomic E-state index is 12.2. The zero-order valence-electron chi connectivity index (χ0n) is 12.6. The minimum absolute atomic E-state index is 0.268. The minimum atomic E-state index is -0.510. The molecule has 0 spiro atoms. The summed E-state index contributed by atoms with van der Waals surface area (Å²) in [5.41, 5.74) is 5.24. The fourth-order valence-corrected chi connectivity index (χ4v) is 2.50. The van der Waals surface area contributed by atoms with Gasteiger partial charge < -0.3 is 19.2 Å². The van der Waals surface area contributed by atoms with Gasteiger partial charge in [-0.25, -0.2) is 0 Å². The second kappa shape index (κ2) is 6.83. The molecule has 0 radical (unpaired) electrons. The van der Waals surface area contributed by atoms with E-state index in [2.05, 4.69) is 31.8 Å². The molecule has 0 fully saturated rings. The summed E-state index contributed by atoms with van der Waals surface area (Å²) in [4.78, 5) is 26.9. The number of aromatic amines is 1. The molecule has 3 rings (SSSR count). The third kappa shape index (κ3) is 3.30. The average molecular weight is 396 g/mol. The van der Waals surface area contributed by atoms with Crippen molar-refractivity contribution >= 4 is 27.7 Å². The molecule has 2 aromatic rings. The number of hydrazine groups is 1. The highest BCUT2D eigenvalue weighted by Crippen LogP contribution is 2.40. The highest BCUT2D eigenvalue weighted by atomic mass is 79.9. The molecule has 2 amide bonds. The molecule has 1 aromatic carbocycles. The monoisotopic (exact) mass is 395 g/mol. The third-order valence-electron chi connectivity index (χ3n) is 3.27. The molecule has 3 N–H and O–H groups in total. The number of methoxy groups -OCH3 is 1. The molecule has 0 unspecified atom stereocenters. The number of ether oxygens (including phenoxy) is 3. The van der Waals surface area contributed by atoms with Crippen LogP contribution in [0.2, 0.25) is 0 Å². The Kier molecular flexibility index (Phi) is 4.61. The van der Waals surface area contributed by atoms with Gasteiger partial charge in [0.05, 0.1) is 7.11 Å². The molecule has 0 saturated heterocycles. The van der Waals surface area contributed by atoms with Crippen molar-refractivity contribution < 1.29 is 23.8 Å². The van der Waals surface area contributed by atoms with Crippen molar-refractivity contribution in [2.45, 2.75) is 0 Å². The number of fused-ring (bicyclic) bond motifs is 1. The molecule has 9 heteroatoms. The largest absolute Gasteiger partial charge is 0.493 e. The minimum Gasteiger partial charge on any atom is -0.493 e. The number of carbonyl (C=O) groups excluding carboxylic acids is 2. The van der Waals surface area contributed by atoms with Crippen LogP contribution in [-0.2, 0) is 0 Å². The molecule has 1 aromatic heterocycles. The molecule has 0 aliphatic carbocycles.